The van der Waals surface area contributed by atoms with E-state index in [2.05, 4.69) is 45.4 Å². The Morgan fingerprint density at radius 3 is 2.67 bits per heavy atom. The lowest BCUT2D eigenvalue weighted by molar-refractivity contribution is -0.123. The highest BCUT2D eigenvalue weighted by Gasteiger charge is 2.29. The number of aromatic nitrogens is 2. The van der Waals surface area contributed by atoms with E-state index in [0.29, 0.717) is 11.0 Å². The highest BCUT2D eigenvalue weighted by atomic mass is 32.1. The van der Waals surface area contributed by atoms with Crippen molar-refractivity contribution in [3.05, 3.63) is 41.4 Å². The molecule has 0 N–H and O–H groups in total. The summed E-state index contributed by atoms with van der Waals surface area (Å²) in [5.41, 5.74) is 3.06. The third kappa shape index (κ3) is 3.99. The number of likely N-dealkylation sites (tertiary alicyclic amines) is 1. The normalized spacial score (nSPS) is 17.6. The zero-order chi connectivity index (χ0) is 16.9. The van der Waals surface area contributed by atoms with Crippen LogP contribution in [0.15, 0.2) is 35.8 Å². The minimum absolute atomic E-state index is 0.0910. The summed E-state index contributed by atoms with van der Waals surface area (Å²) in [6, 6.07) is 10.6. The molecule has 1 aromatic heterocycles. The molecule has 0 spiro atoms. The molecule has 2 aromatic rings. The van der Waals surface area contributed by atoms with E-state index >= 15 is 0 Å². The molecule has 128 valence electrons. The topological polar surface area (TPSA) is 49.3 Å². The summed E-state index contributed by atoms with van der Waals surface area (Å²) in [6.07, 6.45) is 3.44. The molecule has 24 heavy (non-hydrogen) atoms. The van der Waals surface area contributed by atoms with Gasteiger partial charge in [0.15, 0.2) is 0 Å². The molecule has 1 atom stereocenters. The number of carbonyl (C=O) groups excluding carboxylic acids is 1. The fourth-order valence-electron chi connectivity index (χ4n) is 3.34. The Labute approximate surface area is 147 Å². The molecule has 1 amide bonds. The van der Waals surface area contributed by atoms with Crippen LogP contribution in [0.3, 0.4) is 0 Å². The number of nitrogens with zero attached hydrogens (tertiary/aromatic N) is 4. The summed E-state index contributed by atoms with van der Waals surface area (Å²) in [5.74, 6) is 0.806. The molecule has 5 nitrogen and oxygen atoms in total. The Morgan fingerprint density at radius 2 is 2.04 bits per heavy atom. The second-order valence-electron chi connectivity index (χ2n) is 6.46. The smallest absolute Gasteiger partial charge is 0.245 e. The van der Waals surface area contributed by atoms with E-state index in [4.69, 9.17) is 0 Å². The van der Waals surface area contributed by atoms with Crippen LogP contribution < -0.4 is 4.90 Å². The quantitative estimate of drug-likeness (QED) is 0.837. The lowest BCUT2D eigenvalue weighted by Crippen LogP contribution is -2.49. The maximum Gasteiger partial charge on any atom is 0.245 e. The maximum atomic E-state index is 12.6. The highest BCUT2D eigenvalue weighted by Crippen LogP contribution is 2.24. The van der Waals surface area contributed by atoms with Gasteiger partial charge in [-0.15, -0.1) is 10.2 Å². The van der Waals surface area contributed by atoms with Gasteiger partial charge in [0.1, 0.15) is 5.51 Å². The number of amides is 1. The predicted octanol–water partition coefficient (Wildman–Crippen LogP) is 2.84. The molecule has 0 radical (unpaired) electrons. The Hall–Kier alpha value is -1.79. The molecule has 1 unspecified atom stereocenters. The molecule has 1 aliphatic rings. The van der Waals surface area contributed by atoms with Crippen molar-refractivity contribution in [1.29, 1.82) is 0 Å². The van der Waals surface area contributed by atoms with E-state index < -0.39 is 0 Å². The fraction of sp³-hybridized carbons (Fsp3) is 0.500. The van der Waals surface area contributed by atoms with Crippen LogP contribution in [0.2, 0.25) is 0 Å². The van der Waals surface area contributed by atoms with Gasteiger partial charge in [0.2, 0.25) is 11.0 Å². The van der Waals surface area contributed by atoms with Gasteiger partial charge in [-0.2, -0.15) is 0 Å². The van der Waals surface area contributed by atoms with Crippen LogP contribution in [-0.2, 0) is 11.2 Å². The van der Waals surface area contributed by atoms with Crippen molar-refractivity contribution in [2.45, 2.75) is 32.2 Å². The Bertz CT molecular complexity index is 638. The highest BCUT2D eigenvalue weighted by molar-refractivity contribution is 7.13. The van der Waals surface area contributed by atoms with Crippen LogP contribution in [0, 0.1) is 5.92 Å². The maximum absolute atomic E-state index is 12.6. The van der Waals surface area contributed by atoms with Gasteiger partial charge in [0.25, 0.3) is 0 Å². The average molecular weight is 344 g/mol. The lowest BCUT2D eigenvalue weighted by atomic mass is 9.89. The molecular weight excluding hydrogens is 320 g/mol. The molecule has 0 saturated carbocycles. The minimum Gasteiger partial charge on any atom is -0.292 e. The van der Waals surface area contributed by atoms with Crippen LogP contribution in [0.25, 0.3) is 0 Å². The molecule has 6 heteroatoms. The fourth-order valence-corrected chi connectivity index (χ4v) is 3.87. The molecule has 1 aromatic carbocycles. The number of likely N-dealkylation sites (N-methyl/N-ethyl adjacent to an activating group) is 1. The van der Waals surface area contributed by atoms with Crippen molar-refractivity contribution in [2.24, 2.45) is 5.92 Å². The van der Waals surface area contributed by atoms with Gasteiger partial charge >= 0.3 is 0 Å². The van der Waals surface area contributed by atoms with E-state index in [1.165, 1.54) is 16.9 Å². The van der Waals surface area contributed by atoms with Gasteiger partial charge < -0.3 is 0 Å². The van der Waals surface area contributed by atoms with E-state index in [9.17, 15) is 4.79 Å². The molecule has 2 heterocycles. The molecule has 0 bridgehead atoms. The number of anilines is 1. The van der Waals surface area contributed by atoms with E-state index in [-0.39, 0.29) is 11.9 Å². The molecular formula is C18H24N4OS. The monoisotopic (exact) mass is 344 g/mol. The Kier molecular flexibility index (Phi) is 5.58. The summed E-state index contributed by atoms with van der Waals surface area (Å²) in [6.45, 7) is 3.96. The number of hydrogen-bond donors (Lipinski definition) is 0. The van der Waals surface area contributed by atoms with Crippen molar-refractivity contribution in [3.63, 3.8) is 0 Å². The molecule has 0 aliphatic carbocycles. The van der Waals surface area contributed by atoms with Crippen LogP contribution in [0.5, 0.6) is 0 Å². The first-order valence-electron chi connectivity index (χ1n) is 8.47. The van der Waals surface area contributed by atoms with Crippen LogP contribution in [-0.4, -0.2) is 47.2 Å². The summed E-state index contributed by atoms with van der Waals surface area (Å²) < 4.78 is 0. The van der Waals surface area contributed by atoms with Gasteiger partial charge in [-0.25, -0.2) is 0 Å². The first kappa shape index (κ1) is 17.0. The minimum atomic E-state index is -0.114. The summed E-state index contributed by atoms with van der Waals surface area (Å²) in [5, 5.41) is 8.45. The lowest BCUT2D eigenvalue weighted by Gasteiger charge is -2.36. The predicted molar refractivity (Wildman–Crippen MR) is 97.2 cm³/mol. The second-order valence-corrected chi connectivity index (χ2v) is 7.28. The Balaban J connectivity index is 1.51. The zero-order valence-corrected chi connectivity index (χ0v) is 15.1. The average Bonchev–Trinajstić information content (AvgIpc) is 3.16. The van der Waals surface area contributed by atoms with E-state index in [1.54, 1.807) is 17.5 Å². The van der Waals surface area contributed by atoms with Crippen molar-refractivity contribution in [1.82, 2.24) is 15.1 Å². The number of rotatable bonds is 5. The zero-order valence-electron chi connectivity index (χ0n) is 14.3. The first-order chi connectivity index (χ1) is 11.6. The number of benzene rings is 1. The third-order valence-electron chi connectivity index (χ3n) is 4.89. The van der Waals surface area contributed by atoms with Crippen LogP contribution in [0.1, 0.15) is 25.3 Å². The summed E-state index contributed by atoms with van der Waals surface area (Å²) in [4.78, 5) is 16.6. The summed E-state index contributed by atoms with van der Waals surface area (Å²) in [7, 11) is 1.78. The third-order valence-corrected chi connectivity index (χ3v) is 5.65. The second kappa shape index (κ2) is 7.85. The Morgan fingerprint density at radius 1 is 1.33 bits per heavy atom. The summed E-state index contributed by atoms with van der Waals surface area (Å²) >= 11 is 1.39. The first-order valence-corrected chi connectivity index (χ1v) is 9.35. The molecule has 1 fully saturated rings. The SMILES string of the molecule is CC(C(=O)N(C)c1nncs1)N1CCC(Cc2ccccc2)CC1. The van der Waals surface area contributed by atoms with Gasteiger partial charge in [-0.1, -0.05) is 41.7 Å². The van der Waals surface area contributed by atoms with Gasteiger partial charge in [-0.3, -0.25) is 14.6 Å². The van der Waals surface area contributed by atoms with Crippen molar-refractivity contribution >= 4 is 22.4 Å². The van der Waals surface area contributed by atoms with Gasteiger partial charge in [-0.05, 0) is 50.8 Å². The van der Waals surface area contributed by atoms with Gasteiger partial charge in [0.05, 0.1) is 6.04 Å². The van der Waals surface area contributed by atoms with E-state index in [0.717, 1.165) is 32.4 Å². The largest absolute Gasteiger partial charge is 0.292 e. The van der Waals surface area contributed by atoms with Crippen molar-refractivity contribution in [2.75, 3.05) is 25.0 Å². The molecule has 1 aliphatic heterocycles. The van der Waals surface area contributed by atoms with Crippen LogP contribution >= 0.6 is 11.3 Å². The number of carbonyl (C=O) groups is 1. The van der Waals surface area contributed by atoms with Crippen LogP contribution in [0.4, 0.5) is 5.13 Å². The number of hydrogen-bond acceptors (Lipinski definition) is 5. The number of piperidine rings is 1. The van der Waals surface area contributed by atoms with Gasteiger partial charge in [0, 0.05) is 7.05 Å². The van der Waals surface area contributed by atoms with E-state index in [1.807, 2.05) is 6.92 Å². The molecule has 1 saturated heterocycles. The molecule has 3 rings (SSSR count). The van der Waals surface area contributed by atoms with Crippen molar-refractivity contribution in [3.8, 4) is 0 Å². The standard InChI is InChI=1S/C18H24N4OS/c1-14(17(23)21(2)18-20-19-13-24-18)22-10-8-16(9-11-22)12-15-6-4-3-5-7-15/h3-7,13-14,16H,8-12H2,1-2H3. The van der Waals surface area contributed by atoms with Crippen molar-refractivity contribution < 1.29 is 4.79 Å².